The lowest BCUT2D eigenvalue weighted by Gasteiger charge is -2.28. The van der Waals surface area contributed by atoms with E-state index in [2.05, 4.69) is 0 Å². The number of halogens is 1. The van der Waals surface area contributed by atoms with Crippen LogP contribution in [0.1, 0.15) is 33.7 Å². The summed E-state index contributed by atoms with van der Waals surface area (Å²) in [5.74, 6) is -0.705. The van der Waals surface area contributed by atoms with E-state index in [0.29, 0.717) is 22.4 Å². The molecular weight excluding hydrogens is 438 g/mol. The topological polar surface area (TPSA) is 84.7 Å². The van der Waals surface area contributed by atoms with Gasteiger partial charge in [-0.25, -0.2) is 8.42 Å². The molecule has 1 amide bonds. The summed E-state index contributed by atoms with van der Waals surface area (Å²) >= 11 is 6.09. The fourth-order valence-electron chi connectivity index (χ4n) is 4.08. The normalized spacial score (nSPS) is 17.7. The van der Waals surface area contributed by atoms with E-state index in [1.165, 1.54) is 11.0 Å². The Bertz CT molecular complexity index is 1350. The highest BCUT2D eigenvalue weighted by Gasteiger charge is 2.36. The predicted octanol–water partition coefficient (Wildman–Crippen LogP) is 3.89. The second kappa shape index (κ2) is 8.13. The number of carbonyl (C=O) groups excluding carboxylic acids is 1. The molecule has 0 saturated carbocycles. The van der Waals surface area contributed by atoms with Crippen LogP contribution in [-0.2, 0) is 16.4 Å². The molecule has 0 radical (unpaired) electrons. The van der Waals surface area contributed by atoms with Crippen LogP contribution < -0.4 is 5.43 Å². The largest absolute Gasteiger partial charge is 0.450 e. The highest BCUT2D eigenvalue weighted by Crippen LogP contribution is 2.25. The average Bonchev–Trinajstić information content (AvgIpc) is 3.06. The lowest BCUT2D eigenvalue weighted by atomic mass is 10.1. The number of rotatable bonds is 4. The van der Waals surface area contributed by atoms with Crippen LogP contribution in [-0.4, -0.2) is 36.8 Å². The number of aryl methyl sites for hydroxylation is 2. The molecule has 1 aliphatic heterocycles. The molecular formula is C23H22ClNO5S. The molecule has 162 valence electrons. The first-order chi connectivity index (χ1) is 14.6. The van der Waals surface area contributed by atoms with Gasteiger partial charge in [-0.15, -0.1) is 0 Å². The quantitative estimate of drug-likeness (QED) is 0.590. The molecule has 1 atom stereocenters. The second-order valence-corrected chi connectivity index (χ2v) is 10.7. The van der Waals surface area contributed by atoms with Crippen molar-refractivity contribution >= 4 is 38.3 Å². The second-order valence-electron chi connectivity index (χ2n) is 8.05. The zero-order chi connectivity index (χ0) is 22.3. The van der Waals surface area contributed by atoms with Crippen LogP contribution in [0.2, 0.25) is 5.02 Å². The van der Waals surface area contributed by atoms with Crippen LogP contribution in [0.15, 0.2) is 51.7 Å². The Hall–Kier alpha value is -2.64. The fraction of sp³-hybridized carbons (Fsp3) is 0.304. The summed E-state index contributed by atoms with van der Waals surface area (Å²) in [5, 5.41) is 0.936. The third-order valence-corrected chi connectivity index (χ3v) is 7.51. The zero-order valence-electron chi connectivity index (χ0n) is 17.2. The number of sulfone groups is 1. The number of amides is 1. The van der Waals surface area contributed by atoms with E-state index in [-0.39, 0.29) is 29.2 Å². The van der Waals surface area contributed by atoms with Gasteiger partial charge < -0.3 is 9.32 Å². The van der Waals surface area contributed by atoms with Gasteiger partial charge in [0, 0.05) is 23.7 Å². The van der Waals surface area contributed by atoms with Gasteiger partial charge in [0.05, 0.1) is 16.9 Å². The van der Waals surface area contributed by atoms with E-state index in [1.54, 1.807) is 24.3 Å². The maximum Gasteiger partial charge on any atom is 0.290 e. The van der Waals surface area contributed by atoms with Crippen LogP contribution >= 0.6 is 11.6 Å². The zero-order valence-corrected chi connectivity index (χ0v) is 18.8. The van der Waals surface area contributed by atoms with Crippen molar-refractivity contribution in [3.05, 3.63) is 80.2 Å². The van der Waals surface area contributed by atoms with E-state index < -0.39 is 21.8 Å². The Labute approximate surface area is 185 Å². The molecule has 0 N–H and O–H groups in total. The van der Waals surface area contributed by atoms with Crippen molar-refractivity contribution in [1.29, 1.82) is 0 Å². The van der Waals surface area contributed by atoms with Gasteiger partial charge in [-0.3, -0.25) is 9.59 Å². The van der Waals surface area contributed by atoms with Crippen LogP contribution in [0.25, 0.3) is 11.0 Å². The van der Waals surface area contributed by atoms with Gasteiger partial charge in [0.1, 0.15) is 5.58 Å². The molecule has 1 fully saturated rings. The Balaban J connectivity index is 1.77. The van der Waals surface area contributed by atoms with Gasteiger partial charge in [0.25, 0.3) is 5.91 Å². The maximum absolute atomic E-state index is 13.5. The Morgan fingerprint density at radius 3 is 2.65 bits per heavy atom. The SMILES string of the molecule is Cc1cc(C)c2oc(C(=O)N(Cc3cccc(Cl)c3)[C@@H]3CCS(=O)(=O)C3)cc(=O)c2c1. The molecule has 0 bridgehead atoms. The smallest absolute Gasteiger partial charge is 0.290 e. The highest BCUT2D eigenvalue weighted by molar-refractivity contribution is 7.91. The van der Waals surface area contributed by atoms with Crippen LogP contribution in [0.5, 0.6) is 0 Å². The van der Waals surface area contributed by atoms with Gasteiger partial charge in [0.2, 0.25) is 0 Å². The Kier molecular flexibility index (Phi) is 5.66. The van der Waals surface area contributed by atoms with E-state index in [1.807, 2.05) is 26.0 Å². The molecule has 1 aliphatic rings. The molecule has 0 unspecified atom stereocenters. The number of benzene rings is 2. The van der Waals surface area contributed by atoms with Gasteiger partial charge in [0.15, 0.2) is 21.0 Å². The summed E-state index contributed by atoms with van der Waals surface area (Å²) in [5.41, 5.74) is 2.50. The molecule has 1 saturated heterocycles. The first kappa shape index (κ1) is 21.6. The number of nitrogens with zero attached hydrogens (tertiary/aromatic N) is 1. The van der Waals surface area contributed by atoms with Crippen molar-refractivity contribution in [2.45, 2.75) is 32.9 Å². The van der Waals surface area contributed by atoms with Gasteiger partial charge in [-0.05, 0) is 55.2 Å². The van der Waals surface area contributed by atoms with Crippen molar-refractivity contribution in [1.82, 2.24) is 4.90 Å². The monoisotopic (exact) mass is 459 g/mol. The molecule has 0 spiro atoms. The minimum Gasteiger partial charge on any atom is -0.450 e. The van der Waals surface area contributed by atoms with Crippen molar-refractivity contribution in [2.24, 2.45) is 0 Å². The Morgan fingerprint density at radius 1 is 1.19 bits per heavy atom. The fourth-order valence-corrected chi connectivity index (χ4v) is 6.02. The van der Waals surface area contributed by atoms with E-state index in [9.17, 15) is 18.0 Å². The molecule has 4 rings (SSSR count). The van der Waals surface area contributed by atoms with Crippen LogP contribution in [0, 0.1) is 13.8 Å². The summed E-state index contributed by atoms with van der Waals surface area (Å²) in [6, 6.07) is 11.4. The molecule has 3 aromatic rings. The van der Waals surface area contributed by atoms with Crippen LogP contribution in [0.3, 0.4) is 0 Å². The third-order valence-electron chi connectivity index (χ3n) is 5.52. The van der Waals surface area contributed by atoms with Gasteiger partial charge >= 0.3 is 0 Å². The minimum atomic E-state index is -3.22. The van der Waals surface area contributed by atoms with Crippen molar-refractivity contribution in [3.8, 4) is 0 Å². The highest BCUT2D eigenvalue weighted by atomic mass is 35.5. The first-order valence-corrected chi connectivity index (χ1v) is 12.1. The van der Waals surface area contributed by atoms with Gasteiger partial charge in [-0.2, -0.15) is 0 Å². The summed E-state index contributed by atoms with van der Waals surface area (Å²) in [7, 11) is -3.22. The molecule has 2 aromatic carbocycles. The number of hydrogen-bond acceptors (Lipinski definition) is 5. The molecule has 8 heteroatoms. The van der Waals surface area contributed by atoms with Crippen molar-refractivity contribution in [2.75, 3.05) is 11.5 Å². The summed E-state index contributed by atoms with van der Waals surface area (Å²) in [6.07, 6.45) is 0.338. The molecule has 31 heavy (non-hydrogen) atoms. The molecule has 2 heterocycles. The van der Waals surface area contributed by atoms with E-state index >= 15 is 0 Å². The maximum atomic E-state index is 13.5. The average molecular weight is 460 g/mol. The molecule has 1 aromatic heterocycles. The first-order valence-electron chi connectivity index (χ1n) is 9.94. The Morgan fingerprint density at radius 2 is 1.97 bits per heavy atom. The summed E-state index contributed by atoms with van der Waals surface area (Å²) < 4.78 is 30.0. The third kappa shape index (κ3) is 4.52. The van der Waals surface area contributed by atoms with Gasteiger partial charge in [-0.1, -0.05) is 29.8 Å². The molecule has 0 aliphatic carbocycles. The molecule has 6 nitrogen and oxygen atoms in total. The van der Waals surface area contributed by atoms with Crippen molar-refractivity contribution < 1.29 is 17.6 Å². The minimum absolute atomic E-state index is 0.0248. The summed E-state index contributed by atoms with van der Waals surface area (Å²) in [6.45, 7) is 3.87. The number of fused-ring (bicyclic) bond motifs is 1. The van der Waals surface area contributed by atoms with Crippen LogP contribution in [0.4, 0.5) is 0 Å². The predicted molar refractivity (Wildman–Crippen MR) is 120 cm³/mol. The number of hydrogen-bond donors (Lipinski definition) is 0. The summed E-state index contributed by atoms with van der Waals surface area (Å²) in [4.78, 5) is 27.7. The lowest BCUT2D eigenvalue weighted by Crippen LogP contribution is -2.41. The standard InChI is InChI=1S/C23H22ClNO5S/c1-14-8-15(2)22-19(9-14)20(26)11-21(30-22)23(27)25(18-6-7-31(28,29)13-18)12-16-4-3-5-17(24)10-16/h3-5,8-11,18H,6-7,12-13H2,1-2H3/t18-/m1/s1. The van der Waals surface area contributed by atoms with E-state index in [0.717, 1.165) is 16.7 Å². The van der Waals surface area contributed by atoms with E-state index in [4.69, 9.17) is 16.0 Å². The van der Waals surface area contributed by atoms with Crippen molar-refractivity contribution in [3.63, 3.8) is 0 Å². The number of carbonyl (C=O) groups is 1. The lowest BCUT2D eigenvalue weighted by molar-refractivity contribution is 0.0648.